The van der Waals surface area contributed by atoms with Crippen LogP contribution in [0.1, 0.15) is 5.69 Å². The van der Waals surface area contributed by atoms with Crippen molar-refractivity contribution in [3.63, 3.8) is 0 Å². The Labute approximate surface area is 177 Å². The van der Waals surface area contributed by atoms with Gasteiger partial charge in [-0.1, -0.05) is 12.1 Å². The van der Waals surface area contributed by atoms with Gasteiger partial charge in [0.1, 0.15) is 11.8 Å². The minimum atomic E-state index is -0.390. The number of thioether (sulfide) groups is 1. The number of amides is 2. The number of furan rings is 1. The van der Waals surface area contributed by atoms with E-state index in [9.17, 15) is 9.59 Å². The van der Waals surface area contributed by atoms with Gasteiger partial charge in [0.15, 0.2) is 5.58 Å². The van der Waals surface area contributed by atoms with Crippen molar-refractivity contribution in [1.29, 1.82) is 0 Å². The predicted molar refractivity (Wildman–Crippen MR) is 118 cm³/mol. The molecule has 3 aromatic rings. The highest BCUT2D eigenvalue weighted by Crippen LogP contribution is 2.32. The molecule has 8 heteroatoms. The number of benzene rings is 1. The minimum Gasteiger partial charge on any atom is -0.462 e. The van der Waals surface area contributed by atoms with Crippen molar-refractivity contribution in [2.45, 2.75) is 0 Å². The number of carbonyl (C=O) groups is 2. The number of imide groups is 1. The second-order valence-electron chi connectivity index (χ2n) is 7.42. The quantitative estimate of drug-likeness (QED) is 0.649. The SMILES string of the molecule is CN1CCN(c2ccc(-c3coc4ccc(C=C5SC(=O)NC5=O)nc34)cc2)CC1. The average molecular weight is 420 g/mol. The molecule has 4 heterocycles. The smallest absolute Gasteiger partial charge is 0.290 e. The lowest BCUT2D eigenvalue weighted by atomic mass is 10.1. The van der Waals surface area contributed by atoms with Crippen molar-refractivity contribution in [3.8, 4) is 11.1 Å². The molecule has 1 aromatic carbocycles. The zero-order chi connectivity index (χ0) is 20.7. The summed E-state index contributed by atoms with van der Waals surface area (Å²) in [5, 5.41) is 1.89. The third kappa shape index (κ3) is 3.59. The summed E-state index contributed by atoms with van der Waals surface area (Å²) in [6.45, 7) is 4.19. The average Bonchev–Trinajstić information content (AvgIpc) is 3.31. The van der Waals surface area contributed by atoms with Gasteiger partial charge in [0.2, 0.25) is 0 Å². The maximum atomic E-state index is 11.8. The van der Waals surface area contributed by atoms with Crippen LogP contribution in [0.25, 0.3) is 28.3 Å². The van der Waals surface area contributed by atoms with Crippen LogP contribution < -0.4 is 10.2 Å². The molecule has 2 amide bonds. The second-order valence-corrected chi connectivity index (χ2v) is 8.44. The maximum absolute atomic E-state index is 11.8. The van der Waals surface area contributed by atoms with Crippen molar-refractivity contribution in [2.75, 3.05) is 38.1 Å². The molecule has 0 bridgehead atoms. The third-order valence-corrected chi connectivity index (χ3v) is 6.22. The highest BCUT2D eigenvalue weighted by molar-refractivity contribution is 8.18. The van der Waals surface area contributed by atoms with Gasteiger partial charge in [-0.15, -0.1) is 0 Å². The lowest BCUT2D eigenvalue weighted by molar-refractivity contribution is -0.115. The van der Waals surface area contributed by atoms with Crippen LogP contribution in [0.3, 0.4) is 0 Å². The van der Waals surface area contributed by atoms with Crippen molar-refractivity contribution in [2.24, 2.45) is 0 Å². The number of hydrogen-bond donors (Lipinski definition) is 1. The molecule has 5 rings (SSSR count). The molecule has 0 aliphatic carbocycles. The Kier molecular flexibility index (Phi) is 4.80. The van der Waals surface area contributed by atoms with Crippen LogP contribution >= 0.6 is 11.8 Å². The molecule has 7 nitrogen and oxygen atoms in total. The predicted octanol–water partition coefficient (Wildman–Crippen LogP) is 3.57. The van der Waals surface area contributed by atoms with E-state index in [4.69, 9.17) is 4.42 Å². The Balaban J connectivity index is 1.44. The summed E-state index contributed by atoms with van der Waals surface area (Å²) >= 11 is 0.882. The number of fused-ring (bicyclic) bond motifs is 1. The number of pyridine rings is 1. The van der Waals surface area contributed by atoms with Crippen LogP contribution in [-0.2, 0) is 4.79 Å². The van der Waals surface area contributed by atoms with E-state index >= 15 is 0 Å². The minimum absolute atomic E-state index is 0.341. The van der Waals surface area contributed by atoms with Gasteiger partial charge in [-0.2, -0.15) is 0 Å². The normalized spacial score (nSPS) is 19.1. The first kappa shape index (κ1) is 18.9. The van der Waals surface area contributed by atoms with Gasteiger partial charge < -0.3 is 14.2 Å². The number of rotatable bonds is 3. The fourth-order valence-electron chi connectivity index (χ4n) is 3.68. The lowest BCUT2D eigenvalue weighted by Crippen LogP contribution is -2.44. The van der Waals surface area contributed by atoms with E-state index in [2.05, 4.69) is 51.4 Å². The van der Waals surface area contributed by atoms with Crippen LogP contribution in [0.5, 0.6) is 0 Å². The Morgan fingerprint density at radius 3 is 2.53 bits per heavy atom. The summed E-state index contributed by atoms with van der Waals surface area (Å²) < 4.78 is 5.69. The van der Waals surface area contributed by atoms with Gasteiger partial charge >= 0.3 is 0 Å². The van der Waals surface area contributed by atoms with Crippen LogP contribution in [-0.4, -0.2) is 54.3 Å². The Bertz CT molecular complexity index is 1160. The van der Waals surface area contributed by atoms with Gasteiger partial charge in [0.25, 0.3) is 11.1 Å². The molecule has 2 saturated heterocycles. The van der Waals surface area contributed by atoms with Gasteiger partial charge in [-0.3, -0.25) is 14.9 Å². The van der Waals surface area contributed by atoms with Gasteiger partial charge in [0, 0.05) is 37.4 Å². The Morgan fingerprint density at radius 2 is 1.83 bits per heavy atom. The largest absolute Gasteiger partial charge is 0.462 e. The zero-order valence-corrected chi connectivity index (χ0v) is 17.2. The topological polar surface area (TPSA) is 78.7 Å². The van der Waals surface area contributed by atoms with Crippen LogP contribution in [0.2, 0.25) is 0 Å². The molecule has 0 atom stereocenters. The van der Waals surface area contributed by atoms with E-state index < -0.39 is 0 Å². The van der Waals surface area contributed by atoms with Crippen molar-refractivity contribution in [3.05, 3.63) is 53.3 Å². The Morgan fingerprint density at radius 1 is 1.07 bits per heavy atom. The van der Waals surface area contributed by atoms with Gasteiger partial charge in [-0.05, 0) is 54.7 Å². The highest BCUT2D eigenvalue weighted by Gasteiger charge is 2.25. The molecule has 0 spiro atoms. The fraction of sp³-hybridized carbons (Fsp3) is 0.227. The first-order chi connectivity index (χ1) is 14.6. The van der Waals surface area contributed by atoms with E-state index in [1.165, 1.54) is 5.69 Å². The zero-order valence-electron chi connectivity index (χ0n) is 16.4. The molecule has 0 radical (unpaired) electrons. The first-order valence-corrected chi connectivity index (χ1v) is 10.6. The van der Waals surface area contributed by atoms with E-state index in [0.29, 0.717) is 16.2 Å². The number of aromatic nitrogens is 1. The van der Waals surface area contributed by atoms with E-state index in [0.717, 1.165) is 54.6 Å². The number of hydrogen-bond acceptors (Lipinski definition) is 7. The number of likely N-dealkylation sites (N-methyl/N-ethyl adjacent to an activating group) is 1. The molecule has 1 N–H and O–H groups in total. The van der Waals surface area contributed by atoms with Crippen molar-refractivity contribution < 1.29 is 14.0 Å². The van der Waals surface area contributed by atoms with Crippen molar-refractivity contribution in [1.82, 2.24) is 15.2 Å². The summed E-state index contributed by atoms with van der Waals surface area (Å²) in [6, 6.07) is 12.0. The molecular formula is C22H20N4O3S. The summed E-state index contributed by atoms with van der Waals surface area (Å²) in [5.74, 6) is -0.390. The van der Waals surface area contributed by atoms with E-state index in [1.807, 2.05) is 6.07 Å². The number of nitrogens with one attached hydrogen (secondary N) is 1. The molecule has 2 aliphatic rings. The highest BCUT2D eigenvalue weighted by atomic mass is 32.2. The lowest BCUT2D eigenvalue weighted by Gasteiger charge is -2.34. The molecule has 30 heavy (non-hydrogen) atoms. The van der Waals surface area contributed by atoms with E-state index in [-0.39, 0.29) is 11.1 Å². The number of carbonyl (C=O) groups excluding carboxylic acids is 2. The van der Waals surface area contributed by atoms with Gasteiger partial charge in [-0.25, -0.2) is 4.98 Å². The number of anilines is 1. The summed E-state index contributed by atoms with van der Waals surface area (Å²) in [7, 11) is 2.15. The molecule has 2 aliphatic heterocycles. The molecule has 2 fully saturated rings. The number of piperazine rings is 1. The number of nitrogens with zero attached hydrogens (tertiary/aromatic N) is 3. The van der Waals surface area contributed by atoms with E-state index in [1.54, 1.807) is 18.4 Å². The Hall–Kier alpha value is -3.10. The second kappa shape index (κ2) is 7.62. The molecule has 0 unspecified atom stereocenters. The van der Waals surface area contributed by atoms with Crippen LogP contribution in [0, 0.1) is 0 Å². The summed E-state index contributed by atoms with van der Waals surface area (Å²) in [6.07, 6.45) is 3.33. The molecular weight excluding hydrogens is 400 g/mol. The summed E-state index contributed by atoms with van der Waals surface area (Å²) in [5.41, 5.74) is 5.14. The fourth-order valence-corrected chi connectivity index (χ4v) is 4.35. The van der Waals surface area contributed by atoms with Crippen molar-refractivity contribution >= 4 is 45.8 Å². The summed E-state index contributed by atoms with van der Waals surface area (Å²) in [4.78, 5) is 32.9. The van der Waals surface area contributed by atoms with Crippen LogP contribution in [0.15, 0.2) is 52.0 Å². The first-order valence-electron chi connectivity index (χ1n) is 9.74. The van der Waals surface area contributed by atoms with Crippen LogP contribution in [0.4, 0.5) is 10.5 Å². The molecule has 2 aromatic heterocycles. The maximum Gasteiger partial charge on any atom is 0.290 e. The van der Waals surface area contributed by atoms with Gasteiger partial charge in [0.05, 0.1) is 10.6 Å². The monoisotopic (exact) mass is 420 g/mol. The molecule has 152 valence electrons. The third-order valence-electron chi connectivity index (χ3n) is 5.41. The molecule has 0 saturated carbocycles. The standard InChI is InChI=1S/C22H20N4O3S/c1-25-8-10-26(11-9-25)16-5-2-14(3-6-16)17-13-29-18-7-4-15(23-20(17)18)12-19-21(27)24-22(28)30-19/h2-7,12-13H,8-11H2,1H3,(H,24,27,28).